The third kappa shape index (κ3) is 3.56. The van der Waals surface area contributed by atoms with Crippen LogP contribution in [-0.2, 0) is 4.79 Å². The van der Waals surface area contributed by atoms with Crippen molar-refractivity contribution >= 4 is 12.0 Å². The Morgan fingerprint density at radius 2 is 1.87 bits per heavy atom. The quantitative estimate of drug-likeness (QED) is 0.560. The number of nitrogens with one attached hydrogen (secondary N) is 1. The highest BCUT2D eigenvalue weighted by atomic mass is 16.5. The lowest BCUT2D eigenvalue weighted by Crippen LogP contribution is -2.58. The van der Waals surface area contributed by atoms with Crippen LogP contribution in [0.3, 0.4) is 0 Å². The smallest absolute Gasteiger partial charge is 0.254 e. The summed E-state index contributed by atoms with van der Waals surface area (Å²) < 4.78 is 22.2. The second-order valence-corrected chi connectivity index (χ2v) is 7.64. The number of aliphatic hydroxyl groups is 1. The maximum atomic E-state index is 12.9. The molecule has 2 N–H and O–H groups in total. The van der Waals surface area contributed by atoms with E-state index in [1.54, 1.807) is 25.3 Å². The summed E-state index contributed by atoms with van der Waals surface area (Å²) in [6.07, 6.45) is 3.71. The number of benzene rings is 2. The van der Waals surface area contributed by atoms with E-state index in [0.29, 0.717) is 40.6 Å². The summed E-state index contributed by atoms with van der Waals surface area (Å²) in [6.45, 7) is 1.84. The third-order valence-corrected chi connectivity index (χ3v) is 5.63. The van der Waals surface area contributed by atoms with Crippen molar-refractivity contribution in [3.05, 3.63) is 64.9 Å². The Hall–Kier alpha value is -3.61. The van der Waals surface area contributed by atoms with Crippen molar-refractivity contribution in [1.82, 2.24) is 5.32 Å². The molecule has 7 heteroatoms. The van der Waals surface area contributed by atoms with Crippen LogP contribution >= 0.6 is 0 Å². The van der Waals surface area contributed by atoms with E-state index in [2.05, 4.69) is 5.32 Å². The fraction of sp³-hybridized carbons (Fsp3) is 0.292. The van der Waals surface area contributed by atoms with Crippen LogP contribution in [0.2, 0.25) is 0 Å². The zero-order valence-corrected chi connectivity index (χ0v) is 17.9. The van der Waals surface area contributed by atoms with Crippen LogP contribution in [0.15, 0.2) is 53.8 Å². The van der Waals surface area contributed by atoms with Crippen LogP contribution in [0.25, 0.3) is 6.08 Å². The molecule has 31 heavy (non-hydrogen) atoms. The summed E-state index contributed by atoms with van der Waals surface area (Å²) in [7, 11) is 4.60. The van der Waals surface area contributed by atoms with Gasteiger partial charge in [0, 0.05) is 23.5 Å². The third-order valence-electron chi connectivity index (χ3n) is 5.63. The molecule has 0 aromatic heterocycles. The molecule has 2 aromatic rings. The van der Waals surface area contributed by atoms with Crippen LogP contribution < -0.4 is 24.3 Å². The number of hydrogen-bond donors (Lipinski definition) is 2. The Morgan fingerprint density at radius 3 is 2.58 bits per heavy atom. The maximum absolute atomic E-state index is 12.9. The van der Waals surface area contributed by atoms with Crippen LogP contribution in [-0.4, -0.2) is 38.1 Å². The van der Waals surface area contributed by atoms with Gasteiger partial charge in [-0.25, -0.2) is 0 Å². The second-order valence-electron chi connectivity index (χ2n) is 7.64. The van der Waals surface area contributed by atoms with Crippen molar-refractivity contribution < 1.29 is 28.8 Å². The number of para-hydroxylation sites is 1. The van der Waals surface area contributed by atoms with Gasteiger partial charge >= 0.3 is 0 Å². The average molecular weight is 423 g/mol. The Bertz CT molecular complexity index is 1090. The molecule has 162 valence electrons. The minimum atomic E-state index is -0.809. The molecule has 2 unspecified atom stereocenters. The largest absolute Gasteiger partial charge is 0.507 e. The minimum Gasteiger partial charge on any atom is -0.507 e. The van der Waals surface area contributed by atoms with Gasteiger partial charge < -0.3 is 29.4 Å². The standard InChI is InChI=1S/C24H25NO6/c1-24-13-16(15-7-5-6-8-18(15)31-24)20(23(27)25-24)17(26)11-9-14-10-12-19(28-2)22(30-4)21(14)29-3/h5-12,16,26H,13H2,1-4H3,(H,25,27)/b11-9+,20-17-. The summed E-state index contributed by atoms with van der Waals surface area (Å²) in [5, 5.41) is 13.8. The fourth-order valence-electron chi connectivity index (χ4n) is 4.25. The number of amides is 1. The second kappa shape index (κ2) is 7.91. The predicted molar refractivity (Wildman–Crippen MR) is 116 cm³/mol. The lowest BCUT2D eigenvalue weighted by atomic mass is 9.78. The molecule has 2 heterocycles. The molecular weight excluding hydrogens is 398 g/mol. The first-order valence-electron chi connectivity index (χ1n) is 9.91. The Balaban J connectivity index is 1.76. The molecule has 0 spiro atoms. The van der Waals surface area contributed by atoms with Crippen molar-refractivity contribution in [2.24, 2.45) is 0 Å². The number of aliphatic hydroxyl groups excluding tert-OH is 1. The molecule has 7 nitrogen and oxygen atoms in total. The average Bonchev–Trinajstić information content (AvgIpc) is 2.75. The fourth-order valence-corrected chi connectivity index (χ4v) is 4.25. The highest BCUT2D eigenvalue weighted by molar-refractivity contribution is 5.98. The van der Waals surface area contributed by atoms with E-state index in [0.717, 1.165) is 5.56 Å². The van der Waals surface area contributed by atoms with E-state index in [-0.39, 0.29) is 17.6 Å². The van der Waals surface area contributed by atoms with Gasteiger partial charge in [-0.05, 0) is 37.3 Å². The van der Waals surface area contributed by atoms with Crippen LogP contribution in [0, 0.1) is 0 Å². The molecule has 2 aliphatic rings. The molecule has 1 amide bonds. The summed E-state index contributed by atoms with van der Waals surface area (Å²) in [5.74, 6) is 1.41. The molecule has 4 rings (SSSR count). The molecule has 0 saturated carbocycles. The summed E-state index contributed by atoms with van der Waals surface area (Å²) in [6, 6.07) is 11.1. The maximum Gasteiger partial charge on any atom is 0.254 e. The number of piperidine rings is 1. The van der Waals surface area contributed by atoms with Crippen molar-refractivity contribution in [1.29, 1.82) is 0 Å². The first-order chi connectivity index (χ1) is 14.9. The van der Waals surface area contributed by atoms with Crippen molar-refractivity contribution in [2.75, 3.05) is 21.3 Å². The highest BCUT2D eigenvalue weighted by Gasteiger charge is 2.47. The summed E-state index contributed by atoms with van der Waals surface area (Å²) in [5.41, 5.74) is 1.05. The van der Waals surface area contributed by atoms with Crippen molar-refractivity contribution in [3.8, 4) is 23.0 Å². The number of rotatable bonds is 5. The monoisotopic (exact) mass is 423 g/mol. The zero-order valence-electron chi connectivity index (χ0n) is 17.9. The van der Waals surface area contributed by atoms with Gasteiger partial charge in [-0.1, -0.05) is 18.2 Å². The lowest BCUT2D eigenvalue weighted by Gasteiger charge is -2.45. The van der Waals surface area contributed by atoms with E-state index in [9.17, 15) is 9.90 Å². The molecule has 1 saturated heterocycles. The summed E-state index contributed by atoms with van der Waals surface area (Å²) >= 11 is 0. The van der Waals surface area contributed by atoms with Gasteiger partial charge in [0.2, 0.25) is 5.75 Å². The van der Waals surface area contributed by atoms with Crippen LogP contribution in [0.4, 0.5) is 0 Å². The van der Waals surface area contributed by atoms with Gasteiger partial charge in [-0.15, -0.1) is 0 Å². The number of hydrogen-bond acceptors (Lipinski definition) is 6. The van der Waals surface area contributed by atoms with Gasteiger partial charge in [0.25, 0.3) is 5.91 Å². The molecule has 2 aromatic carbocycles. The molecule has 0 aliphatic carbocycles. The number of carbonyl (C=O) groups excluding carboxylic acids is 1. The highest BCUT2D eigenvalue weighted by Crippen LogP contribution is 2.47. The Kier molecular flexibility index (Phi) is 5.27. The number of methoxy groups -OCH3 is 3. The van der Waals surface area contributed by atoms with Gasteiger partial charge in [-0.3, -0.25) is 4.79 Å². The summed E-state index contributed by atoms with van der Waals surface area (Å²) in [4.78, 5) is 12.9. The van der Waals surface area contributed by atoms with Gasteiger partial charge in [-0.2, -0.15) is 0 Å². The van der Waals surface area contributed by atoms with Gasteiger partial charge in [0.1, 0.15) is 11.5 Å². The van der Waals surface area contributed by atoms with Crippen LogP contribution in [0.5, 0.6) is 23.0 Å². The predicted octanol–water partition coefficient (Wildman–Crippen LogP) is 3.95. The van der Waals surface area contributed by atoms with Crippen LogP contribution in [0.1, 0.15) is 30.4 Å². The van der Waals surface area contributed by atoms with E-state index >= 15 is 0 Å². The molecule has 2 atom stereocenters. The lowest BCUT2D eigenvalue weighted by molar-refractivity contribution is -0.127. The minimum absolute atomic E-state index is 0.113. The van der Waals surface area contributed by atoms with Crippen molar-refractivity contribution in [2.45, 2.75) is 25.0 Å². The molecule has 2 aliphatic heterocycles. The molecular formula is C24H25NO6. The molecule has 0 radical (unpaired) electrons. The van der Waals surface area contributed by atoms with E-state index in [1.165, 1.54) is 20.3 Å². The van der Waals surface area contributed by atoms with Gasteiger partial charge in [0.15, 0.2) is 17.2 Å². The first-order valence-corrected chi connectivity index (χ1v) is 9.91. The number of fused-ring (bicyclic) bond motifs is 4. The first kappa shape index (κ1) is 20.7. The molecule has 2 bridgehead atoms. The van der Waals surface area contributed by atoms with Gasteiger partial charge in [0.05, 0.1) is 26.9 Å². The van der Waals surface area contributed by atoms with E-state index in [1.807, 2.05) is 31.2 Å². The number of ether oxygens (including phenoxy) is 4. The number of allylic oxidation sites excluding steroid dienone is 1. The van der Waals surface area contributed by atoms with Crippen molar-refractivity contribution in [3.63, 3.8) is 0 Å². The number of carbonyl (C=O) groups is 1. The van der Waals surface area contributed by atoms with E-state index < -0.39 is 5.72 Å². The van der Waals surface area contributed by atoms with E-state index in [4.69, 9.17) is 18.9 Å². The topological polar surface area (TPSA) is 86.3 Å². The SMILES string of the molecule is COc1ccc(/C=C/C(O)=C2/C(=O)NC3(C)CC2c2ccccc2O3)c(OC)c1OC. The Morgan fingerprint density at radius 1 is 1.13 bits per heavy atom. The zero-order chi connectivity index (χ0) is 22.2. The normalized spacial score (nSPS) is 23.5. The Labute approximate surface area is 180 Å². The molecule has 1 fully saturated rings.